The van der Waals surface area contributed by atoms with E-state index in [2.05, 4.69) is 25.4 Å². The molecule has 4 aromatic heterocycles. The van der Waals surface area contributed by atoms with Gasteiger partial charge in [-0.15, -0.1) is 5.10 Å². The van der Waals surface area contributed by atoms with Gasteiger partial charge in [0.1, 0.15) is 29.1 Å². The molecule has 5 heterocycles. The number of pyridine rings is 1. The molecule has 3 saturated carbocycles. The molecule has 0 radical (unpaired) electrons. The number of alkyl halides is 4. The van der Waals surface area contributed by atoms with Crippen LogP contribution in [0.2, 0.25) is 0 Å². The van der Waals surface area contributed by atoms with E-state index in [1.54, 1.807) is 24.0 Å². The smallest absolute Gasteiger partial charge is 0.313 e. The van der Waals surface area contributed by atoms with Crippen LogP contribution in [0.25, 0.3) is 28.3 Å². The predicted molar refractivity (Wildman–Crippen MR) is 178 cm³/mol. The van der Waals surface area contributed by atoms with Crippen LogP contribution >= 0.6 is 0 Å². The number of nitrogens with zero attached hydrogens (tertiary/aromatic N) is 8. The van der Waals surface area contributed by atoms with Crippen molar-refractivity contribution in [3.05, 3.63) is 58.5 Å². The van der Waals surface area contributed by atoms with E-state index in [4.69, 9.17) is 9.15 Å². The molecular weight excluding hydrogens is 706 g/mol. The Hall–Kier alpha value is -5.75. The lowest BCUT2D eigenvalue weighted by atomic mass is 9.37. The van der Waals surface area contributed by atoms with Crippen LogP contribution in [0.5, 0.6) is 11.6 Å². The first-order valence-electron chi connectivity index (χ1n) is 16.9. The summed E-state index contributed by atoms with van der Waals surface area (Å²) in [6, 6.07) is 6.11. The molecule has 2 N–H and O–H groups in total. The Morgan fingerprint density at radius 2 is 1.85 bits per heavy atom. The van der Waals surface area contributed by atoms with Crippen molar-refractivity contribution in [2.75, 3.05) is 38.2 Å². The van der Waals surface area contributed by atoms with Gasteiger partial charge in [0.05, 0.1) is 12.8 Å². The van der Waals surface area contributed by atoms with E-state index in [0.29, 0.717) is 16.8 Å². The fraction of sp³-hybridized carbons (Fsp3) is 0.441. The van der Waals surface area contributed by atoms with Crippen LogP contribution in [0.15, 0.2) is 46.1 Å². The number of nitrogens with one attached hydrogen (secondary N) is 1. The number of carbonyl (C=O) groups excluding carboxylic acids is 2. The number of anilines is 1. The van der Waals surface area contributed by atoms with Crippen LogP contribution < -0.4 is 20.5 Å². The van der Waals surface area contributed by atoms with E-state index in [0.717, 1.165) is 4.52 Å². The van der Waals surface area contributed by atoms with Gasteiger partial charge >= 0.3 is 12.3 Å². The van der Waals surface area contributed by atoms with Crippen LogP contribution in [0.4, 0.5) is 23.2 Å². The van der Waals surface area contributed by atoms with Crippen molar-refractivity contribution in [1.82, 2.24) is 39.3 Å². The van der Waals surface area contributed by atoms with Gasteiger partial charge in [-0.05, 0) is 43.9 Å². The summed E-state index contributed by atoms with van der Waals surface area (Å²) < 4.78 is 68.0. The molecular formula is C34H33F4N9O6. The SMILES string of the molecule is CCc1c(N2CCN(C(=O)c3c(O)ccc4ncoc34)CC2)c(=O)n2nc(-c3ccnc(OC)c3)nc2n1CC(=O)NC12CC(C(F)(F)C(F)F)(C1)C2. The summed E-state index contributed by atoms with van der Waals surface area (Å²) in [5.41, 5.74) is -1.68. The Bertz CT molecular complexity index is 2330. The van der Waals surface area contributed by atoms with E-state index in [1.807, 2.05) is 0 Å². The Morgan fingerprint density at radius 1 is 1.11 bits per heavy atom. The monoisotopic (exact) mass is 739 g/mol. The van der Waals surface area contributed by atoms with Gasteiger partial charge in [-0.2, -0.15) is 18.3 Å². The molecule has 19 heteroatoms. The highest BCUT2D eigenvalue weighted by Gasteiger charge is 2.80. The lowest BCUT2D eigenvalue weighted by molar-refractivity contribution is -0.319. The quantitative estimate of drug-likeness (QED) is 0.201. The Morgan fingerprint density at radius 3 is 2.53 bits per heavy atom. The summed E-state index contributed by atoms with van der Waals surface area (Å²) in [6.07, 6.45) is -1.66. The lowest BCUT2D eigenvalue weighted by Crippen LogP contribution is -2.80. The van der Waals surface area contributed by atoms with Gasteiger partial charge in [-0.25, -0.2) is 18.7 Å². The normalized spacial score (nSPS) is 21.2. The molecule has 1 aliphatic heterocycles. The number of phenolic OH excluding ortho intramolecular Hbond substituents is 1. The van der Waals surface area contributed by atoms with Crippen molar-refractivity contribution in [2.45, 2.75) is 57.0 Å². The number of aromatic nitrogens is 6. The average molecular weight is 740 g/mol. The number of fused-ring (bicyclic) bond motifs is 2. The molecule has 0 atom stereocenters. The zero-order valence-corrected chi connectivity index (χ0v) is 28.5. The molecule has 278 valence electrons. The maximum absolute atomic E-state index is 14.3. The Balaban J connectivity index is 1.11. The third-order valence-corrected chi connectivity index (χ3v) is 10.7. The fourth-order valence-corrected chi connectivity index (χ4v) is 8.11. The molecule has 15 nitrogen and oxygen atoms in total. The molecule has 0 unspecified atom stereocenters. The Labute approximate surface area is 297 Å². The number of rotatable bonds is 10. The van der Waals surface area contributed by atoms with Gasteiger partial charge < -0.3 is 33.9 Å². The number of aromatic hydroxyl groups is 1. The fourth-order valence-electron chi connectivity index (χ4n) is 8.11. The zero-order valence-electron chi connectivity index (χ0n) is 28.5. The number of carbonyl (C=O) groups is 2. The van der Waals surface area contributed by atoms with Crippen molar-refractivity contribution < 1.29 is 41.4 Å². The summed E-state index contributed by atoms with van der Waals surface area (Å²) in [5, 5.41) is 17.8. The highest BCUT2D eigenvalue weighted by molar-refractivity contribution is 6.06. The minimum absolute atomic E-state index is 0.0204. The molecule has 3 aliphatic carbocycles. The lowest BCUT2D eigenvalue weighted by Gasteiger charge is -2.72. The number of benzene rings is 1. The van der Waals surface area contributed by atoms with Crippen LogP contribution in [0.1, 0.15) is 42.2 Å². The summed E-state index contributed by atoms with van der Waals surface area (Å²) in [4.78, 5) is 57.6. The number of piperazine rings is 1. The maximum Gasteiger partial charge on any atom is 0.313 e. The molecule has 4 fully saturated rings. The zero-order chi connectivity index (χ0) is 37.4. The third kappa shape index (κ3) is 5.26. The minimum atomic E-state index is -4.15. The van der Waals surface area contributed by atoms with E-state index < -0.39 is 40.7 Å². The van der Waals surface area contributed by atoms with Crippen LogP contribution in [-0.4, -0.2) is 102 Å². The molecule has 2 bridgehead atoms. The van der Waals surface area contributed by atoms with Gasteiger partial charge in [0.25, 0.3) is 11.5 Å². The molecule has 53 heavy (non-hydrogen) atoms. The van der Waals surface area contributed by atoms with Crippen molar-refractivity contribution in [1.29, 1.82) is 0 Å². The van der Waals surface area contributed by atoms with Crippen LogP contribution in [0.3, 0.4) is 0 Å². The largest absolute Gasteiger partial charge is 0.507 e. The number of phenols is 1. The third-order valence-electron chi connectivity index (χ3n) is 10.7. The number of halogens is 4. The van der Waals surface area contributed by atoms with Crippen molar-refractivity contribution in [2.24, 2.45) is 5.41 Å². The highest BCUT2D eigenvalue weighted by Crippen LogP contribution is 2.73. The van der Waals surface area contributed by atoms with Crippen molar-refractivity contribution in [3.63, 3.8) is 0 Å². The van der Waals surface area contributed by atoms with Gasteiger partial charge in [0.2, 0.25) is 17.6 Å². The number of hydrogen-bond acceptors (Lipinski definition) is 11. The number of ether oxygens (including phenoxy) is 1. The summed E-state index contributed by atoms with van der Waals surface area (Å²) in [5.74, 6) is -4.99. The van der Waals surface area contributed by atoms with Gasteiger partial charge in [-0.1, -0.05) is 6.92 Å². The molecule has 1 aromatic carbocycles. The first-order chi connectivity index (χ1) is 25.3. The minimum Gasteiger partial charge on any atom is -0.507 e. The van der Waals surface area contributed by atoms with E-state index >= 15 is 0 Å². The molecule has 5 aromatic rings. The van der Waals surface area contributed by atoms with Crippen LogP contribution in [-0.2, 0) is 17.8 Å². The van der Waals surface area contributed by atoms with Crippen molar-refractivity contribution in [3.8, 4) is 23.0 Å². The first kappa shape index (κ1) is 34.3. The summed E-state index contributed by atoms with van der Waals surface area (Å²) >= 11 is 0. The molecule has 1 saturated heterocycles. The number of amides is 2. The molecule has 9 rings (SSSR count). The van der Waals surface area contributed by atoms with Gasteiger partial charge in [0.15, 0.2) is 17.8 Å². The second kappa shape index (κ2) is 12.2. The maximum atomic E-state index is 14.3. The van der Waals surface area contributed by atoms with Crippen LogP contribution in [0, 0.1) is 5.41 Å². The van der Waals surface area contributed by atoms with E-state index in [-0.39, 0.29) is 98.5 Å². The van der Waals surface area contributed by atoms with Crippen molar-refractivity contribution >= 4 is 34.4 Å². The predicted octanol–water partition coefficient (Wildman–Crippen LogP) is 3.27. The average Bonchev–Trinajstić information content (AvgIpc) is 3.78. The standard InChI is InChI=1S/C34H33F4N9O6/c1-3-20-25(44-8-10-45(11-9-44)28(50)24-21(48)5-4-19-26(24)53-17-40-19)29(51)47-31(41-27(43-47)18-6-7-39-23(12-18)52-2)46(20)13-22(49)42-33-14-32(15-33,16-33)34(37,38)30(35)36/h4-7,12,17,30,48H,3,8-11,13-16H2,1-2H3,(H,42,49). The number of oxazole rings is 1. The number of methoxy groups -OCH3 is 1. The van der Waals surface area contributed by atoms with Gasteiger partial charge in [-0.3, -0.25) is 14.4 Å². The summed E-state index contributed by atoms with van der Waals surface area (Å²) in [7, 11) is 1.44. The number of hydrogen-bond donors (Lipinski definition) is 2. The Kier molecular flexibility index (Phi) is 7.88. The topological polar surface area (TPSA) is 173 Å². The highest BCUT2D eigenvalue weighted by atomic mass is 19.3. The van der Waals surface area contributed by atoms with Gasteiger partial charge in [0, 0.05) is 55.0 Å². The molecule has 4 aliphatic rings. The first-order valence-corrected chi connectivity index (χ1v) is 16.9. The second-order valence-corrected chi connectivity index (χ2v) is 13.8. The van der Waals surface area contributed by atoms with E-state index in [1.165, 1.54) is 41.3 Å². The molecule has 0 spiro atoms. The van der Waals surface area contributed by atoms with E-state index in [9.17, 15) is 37.1 Å². The second-order valence-electron chi connectivity index (χ2n) is 13.8. The molecule has 2 amide bonds. The summed E-state index contributed by atoms with van der Waals surface area (Å²) in [6.45, 7) is 2.15.